The Labute approximate surface area is 102 Å². The second-order valence-corrected chi connectivity index (χ2v) is 5.81. The Morgan fingerprint density at radius 3 is 2.50 bits per heavy atom. The monoisotopic (exact) mass is 226 g/mol. The number of nitrogens with zero attached hydrogens (tertiary/aromatic N) is 1. The first kappa shape index (κ1) is 14.0. The average Bonchev–Trinajstić information content (AvgIpc) is 2.42. The van der Waals surface area contributed by atoms with Gasteiger partial charge in [-0.25, -0.2) is 0 Å². The van der Waals surface area contributed by atoms with Crippen LogP contribution in [0.1, 0.15) is 52.9 Å². The zero-order valence-electron chi connectivity index (χ0n) is 11.4. The molecule has 0 radical (unpaired) electrons. The van der Waals surface area contributed by atoms with Gasteiger partial charge in [0.05, 0.1) is 0 Å². The summed E-state index contributed by atoms with van der Waals surface area (Å²) in [6.45, 7) is 10.5. The fourth-order valence-electron chi connectivity index (χ4n) is 2.82. The molecule has 96 valence electrons. The van der Waals surface area contributed by atoms with Crippen LogP contribution in [0.4, 0.5) is 0 Å². The molecule has 0 aromatic carbocycles. The van der Waals surface area contributed by atoms with E-state index in [4.69, 9.17) is 5.73 Å². The van der Waals surface area contributed by atoms with Crippen molar-refractivity contribution in [2.75, 3.05) is 19.6 Å². The van der Waals surface area contributed by atoms with Crippen LogP contribution in [0.25, 0.3) is 0 Å². The van der Waals surface area contributed by atoms with Crippen molar-refractivity contribution in [1.82, 2.24) is 4.90 Å². The fourth-order valence-corrected chi connectivity index (χ4v) is 2.82. The van der Waals surface area contributed by atoms with E-state index in [1.54, 1.807) is 0 Å². The van der Waals surface area contributed by atoms with Crippen LogP contribution in [0.15, 0.2) is 0 Å². The van der Waals surface area contributed by atoms with Crippen molar-refractivity contribution < 1.29 is 0 Å². The van der Waals surface area contributed by atoms with E-state index in [1.807, 2.05) is 0 Å². The van der Waals surface area contributed by atoms with Gasteiger partial charge in [0.15, 0.2) is 0 Å². The molecule has 0 bridgehead atoms. The first-order chi connectivity index (χ1) is 7.63. The Morgan fingerprint density at radius 2 is 1.88 bits per heavy atom. The maximum Gasteiger partial charge on any atom is 0.00793 e. The summed E-state index contributed by atoms with van der Waals surface area (Å²) in [5, 5.41) is 0. The normalized spacial score (nSPS) is 27.4. The van der Waals surface area contributed by atoms with Gasteiger partial charge in [-0.1, -0.05) is 40.0 Å². The third kappa shape index (κ3) is 4.84. The molecule has 1 fully saturated rings. The number of hydrogen-bond donors (Lipinski definition) is 1. The first-order valence-corrected chi connectivity index (χ1v) is 7.11. The van der Waals surface area contributed by atoms with Crippen LogP contribution < -0.4 is 5.73 Å². The second kappa shape index (κ2) is 7.29. The van der Waals surface area contributed by atoms with Crippen molar-refractivity contribution in [3.63, 3.8) is 0 Å². The van der Waals surface area contributed by atoms with E-state index in [0.717, 1.165) is 11.8 Å². The molecule has 0 aromatic heterocycles. The third-order valence-corrected chi connectivity index (χ3v) is 3.78. The minimum atomic E-state index is 0.448. The molecular formula is C14H30N2. The smallest absolute Gasteiger partial charge is 0.00793 e. The predicted octanol–water partition coefficient (Wildman–Crippen LogP) is 2.87. The molecule has 0 aliphatic heterocycles. The summed E-state index contributed by atoms with van der Waals surface area (Å²) in [4.78, 5) is 2.58. The van der Waals surface area contributed by atoms with E-state index in [9.17, 15) is 0 Å². The van der Waals surface area contributed by atoms with Crippen LogP contribution in [0.2, 0.25) is 0 Å². The van der Waals surface area contributed by atoms with E-state index in [1.165, 1.54) is 51.7 Å². The van der Waals surface area contributed by atoms with Crippen molar-refractivity contribution in [2.45, 2.75) is 58.9 Å². The predicted molar refractivity (Wildman–Crippen MR) is 71.5 cm³/mol. The van der Waals surface area contributed by atoms with Gasteiger partial charge >= 0.3 is 0 Å². The van der Waals surface area contributed by atoms with E-state index in [2.05, 4.69) is 25.7 Å². The fraction of sp³-hybridized carbons (Fsp3) is 1.00. The first-order valence-electron chi connectivity index (χ1n) is 7.11. The molecule has 2 N–H and O–H groups in total. The topological polar surface area (TPSA) is 29.3 Å². The van der Waals surface area contributed by atoms with E-state index in [-0.39, 0.29) is 0 Å². The molecule has 2 nitrogen and oxygen atoms in total. The van der Waals surface area contributed by atoms with Crippen LogP contribution in [0.5, 0.6) is 0 Å². The van der Waals surface area contributed by atoms with Crippen molar-refractivity contribution in [1.29, 1.82) is 0 Å². The van der Waals surface area contributed by atoms with Crippen molar-refractivity contribution in [3.8, 4) is 0 Å². The summed E-state index contributed by atoms with van der Waals surface area (Å²) in [5.41, 5.74) is 6.29. The summed E-state index contributed by atoms with van der Waals surface area (Å²) in [7, 11) is 0. The zero-order valence-corrected chi connectivity index (χ0v) is 11.4. The van der Waals surface area contributed by atoms with E-state index < -0.39 is 0 Å². The van der Waals surface area contributed by atoms with Crippen LogP contribution in [0.3, 0.4) is 0 Å². The Bertz CT molecular complexity index is 180. The van der Waals surface area contributed by atoms with Crippen molar-refractivity contribution >= 4 is 0 Å². The molecule has 1 aliphatic carbocycles. The van der Waals surface area contributed by atoms with Crippen molar-refractivity contribution in [2.24, 2.45) is 17.6 Å². The largest absolute Gasteiger partial charge is 0.327 e. The number of nitrogens with two attached hydrogens (primary N) is 1. The van der Waals surface area contributed by atoms with Gasteiger partial charge in [0.2, 0.25) is 0 Å². The Balaban J connectivity index is 2.41. The molecule has 0 heterocycles. The highest BCUT2D eigenvalue weighted by Crippen LogP contribution is 2.23. The van der Waals surface area contributed by atoms with Gasteiger partial charge in [0, 0.05) is 19.1 Å². The Hall–Kier alpha value is -0.0800. The van der Waals surface area contributed by atoms with E-state index >= 15 is 0 Å². The molecule has 1 aliphatic rings. The SMILES string of the molecule is CCN(CC(C)C)CC1CCCCCC1N. The minimum absolute atomic E-state index is 0.448. The highest BCUT2D eigenvalue weighted by Gasteiger charge is 2.22. The lowest BCUT2D eigenvalue weighted by Crippen LogP contribution is -2.40. The zero-order chi connectivity index (χ0) is 12.0. The number of rotatable bonds is 5. The van der Waals surface area contributed by atoms with Gasteiger partial charge in [-0.3, -0.25) is 0 Å². The molecular weight excluding hydrogens is 196 g/mol. The molecule has 1 saturated carbocycles. The summed E-state index contributed by atoms with van der Waals surface area (Å²) < 4.78 is 0. The Morgan fingerprint density at radius 1 is 1.19 bits per heavy atom. The lowest BCUT2D eigenvalue weighted by molar-refractivity contribution is 0.196. The molecule has 2 atom stereocenters. The van der Waals surface area contributed by atoms with Gasteiger partial charge in [-0.2, -0.15) is 0 Å². The molecule has 0 amide bonds. The highest BCUT2D eigenvalue weighted by atomic mass is 15.1. The van der Waals surface area contributed by atoms with Crippen LogP contribution in [-0.4, -0.2) is 30.6 Å². The average molecular weight is 226 g/mol. The maximum atomic E-state index is 6.29. The lowest BCUT2D eigenvalue weighted by Gasteiger charge is -2.30. The van der Waals surface area contributed by atoms with Crippen molar-refractivity contribution in [3.05, 3.63) is 0 Å². The lowest BCUT2D eigenvalue weighted by atomic mass is 9.94. The van der Waals surface area contributed by atoms with Crippen LogP contribution in [0, 0.1) is 11.8 Å². The Kier molecular flexibility index (Phi) is 6.37. The summed E-state index contributed by atoms with van der Waals surface area (Å²) >= 11 is 0. The molecule has 16 heavy (non-hydrogen) atoms. The summed E-state index contributed by atoms with van der Waals surface area (Å²) in [6, 6.07) is 0.448. The van der Waals surface area contributed by atoms with Gasteiger partial charge < -0.3 is 10.6 Å². The third-order valence-electron chi connectivity index (χ3n) is 3.78. The standard InChI is InChI=1S/C14H30N2/c1-4-16(10-12(2)3)11-13-8-6-5-7-9-14(13)15/h12-14H,4-11,15H2,1-3H3. The quantitative estimate of drug-likeness (QED) is 0.730. The van der Waals surface area contributed by atoms with Crippen LogP contribution in [-0.2, 0) is 0 Å². The highest BCUT2D eigenvalue weighted by molar-refractivity contribution is 4.79. The molecule has 2 heteroatoms. The van der Waals surface area contributed by atoms with E-state index in [0.29, 0.717) is 6.04 Å². The maximum absolute atomic E-state index is 6.29. The van der Waals surface area contributed by atoms with Gasteiger partial charge in [-0.05, 0) is 31.2 Å². The minimum Gasteiger partial charge on any atom is -0.327 e. The summed E-state index contributed by atoms with van der Waals surface area (Å²) in [6.07, 6.45) is 6.70. The summed E-state index contributed by atoms with van der Waals surface area (Å²) in [5.74, 6) is 1.50. The van der Waals surface area contributed by atoms with Gasteiger partial charge in [0.25, 0.3) is 0 Å². The molecule has 0 aromatic rings. The van der Waals surface area contributed by atoms with Crippen LogP contribution >= 0.6 is 0 Å². The van der Waals surface area contributed by atoms with Gasteiger partial charge in [0.1, 0.15) is 0 Å². The number of hydrogen-bond acceptors (Lipinski definition) is 2. The second-order valence-electron chi connectivity index (χ2n) is 5.81. The molecule has 1 rings (SSSR count). The van der Waals surface area contributed by atoms with Gasteiger partial charge in [-0.15, -0.1) is 0 Å². The molecule has 2 unspecified atom stereocenters. The molecule has 0 spiro atoms. The molecule has 0 saturated heterocycles.